The Labute approximate surface area is 230 Å². The van der Waals surface area contributed by atoms with Crippen molar-refractivity contribution >= 4 is 46.7 Å². The summed E-state index contributed by atoms with van der Waals surface area (Å²) in [7, 11) is 5.17. The fraction of sp³-hybridized carbons (Fsp3) is 0.250. The van der Waals surface area contributed by atoms with E-state index in [0.717, 1.165) is 5.56 Å². The van der Waals surface area contributed by atoms with Crippen molar-refractivity contribution in [3.8, 4) is 0 Å². The van der Waals surface area contributed by atoms with Crippen LogP contribution in [0.4, 0.5) is 10.1 Å². The maximum Gasteiger partial charge on any atom is 0.279 e. The molecule has 0 spiro atoms. The van der Waals surface area contributed by atoms with Crippen molar-refractivity contribution in [2.24, 2.45) is 0 Å². The molecular formula is C28H27Cl2FN4O3. The lowest BCUT2D eigenvalue weighted by Crippen LogP contribution is -2.30. The number of carbonyl (C=O) groups is 2. The molecule has 1 aliphatic heterocycles. The van der Waals surface area contributed by atoms with Crippen molar-refractivity contribution in [1.29, 1.82) is 0 Å². The predicted octanol–water partition coefficient (Wildman–Crippen LogP) is 6.29. The molecule has 1 unspecified atom stereocenters. The quantitative estimate of drug-likeness (QED) is 0.141. The number of ether oxygens (including phenoxy) is 1. The Kier molecular flexibility index (Phi) is 7.94. The van der Waals surface area contributed by atoms with E-state index in [1.807, 2.05) is 44.6 Å². The zero-order valence-corrected chi connectivity index (χ0v) is 23.1. The van der Waals surface area contributed by atoms with Crippen molar-refractivity contribution in [1.82, 2.24) is 14.5 Å². The van der Waals surface area contributed by atoms with Crippen LogP contribution in [0.15, 0.2) is 60.5 Å². The summed E-state index contributed by atoms with van der Waals surface area (Å²) in [6.07, 6.45) is 3.76. The summed E-state index contributed by atoms with van der Waals surface area (Å²) in [5, 5.41) is 0.444. The number of hydrogen-bond donors (Lipinski definition) is 0. The van der Waals surface area contributed by atoms with Gasteiger partial charge in [-0.15, -0.1) is 0 Å². The van der Waals surface area contributed by atoms with E-state index in [2.05, 4.69) is 0 Å². The average molecular weight is 557 g/mol. The van der Waals surface area contributed by atoms with Gasteiger partial charge in [-0.25, -0.2) is 9.37 Å². The first-order valence-corrected chi connectivity index (χ1v) is 12.6. The molecule has 2 aromatic carbocycles. The molecule has 0 saturated heterocycles. The molecule has 3 aromatic rings. The number of aldehydes is 1. The third-order valence-electron chi connectivity index (χ3n) is 6.11. The Morgan fingerprint density at radius 1 is 1.16 bits per heavy atom. The number of nitrogens with zero attached hydrogens (tertiary/aromatic N) is 4. The largest absolute Gasteiger partial charge is 0.494 e. The monoisotopic (exact) mass is 556 g/mol. The van der Waals surface area contributed by atoms with Gasteiger partial charge in [-0.2, -0.15) is 0 Å². The number of methoxy groups -OCH3 is 1. The van der Waals surface area contributed by atoms with Crippen LogP contribution in [0.3, 0.4) is 0 Å². The molecular weight excluding hydrogens is 530 g/mol. The van der Waals surface area contributed by atoms with Gasteiger partial charge in [-0.3, -0.25) is 14.5 Å². The highest BCUT2D eigenvalue weighted by atomic mass is 35.5. The van der Waals surface area contributed by atoms with Crippen molar-refractivity contribution in [3.63, 3.8) is 0 Å². The maximum atomic E-state index is 14.0. The summed E-state index contributed by atoms with van der Waals surface area (Å²) in [5.41, 5.74) is 2.46. The molecule has 4 rings (SSSR count). The smallest absolute Gasteiger partial charge is 0.279 e. The Hall–Kier alpha value is -3.62. The summed E-state index contributed by atoms with van der Waals surface area (Å²) in [5.74, 6) is -0.149. The molecule has 2 heterocycles. The second-order valence-corrected chi connectivity index (χ2v) is 10.1. The molecule has 7 nitrogen and oxygen atoms in total. The van der Waals surface area contributed by atoms with Crippen molar-refractivity contribution in [2.75, 3.05) is 26.1 Å². The fourth-order valence-corrected chi connectivity index (χ4v) is 4.89. The van der Waals surface area contributed by atoms with Gasteiger partial charge >= 0.3 is 0 Å². The lowest BCUT2D eigenvalue weighted by atomic mass is 10.0. The third kappa shape index (κ3) is 4.93. The molecule has 0 saturated carbocycles. The second kappa shape index (κ2) is 11.0. The van der Waals surface area contributed by atoms with E-state index >= 15 is 0 Å². The highest BCUT2D eigenvalue weighted by Gasteiger charge is 2.45. The number of fused-ring (bicyclic) bond motifs is 1. The molecule has 0 radical (unpaired) electrons. The van der Waals surface area contributed by atoms with Crippen LogP contribution >= 0.6 is 23.2 Å². The summed E-state index contributed by atoms with van der Waals surface area (Å²) in [4.78, 5) is 33.8. The van der Waals surface area contributed by atoms with E-state index < -0.39 is 11.9 Å². The standard InChI is InChI=1S/C28H27Cl2FN4O3/c1-16(2)34-26-24(32-27(34)20(12-13-36)23(38-5)15-33(3)4)28(37)35(19-10-11-22(31)21(30)14-19)25(26)17-6-8-18(29)9-7-17/h6-16,25H,1-5H3/b20-12+,23-15+. The zero-order valence-electron chi connectivity index (χ0n) is 21.6. The zero-order chi connectivity index (χ0) is 27.7. The number of imidazole rings is 1. The number of hydrogen-bond acceptors (Lipinski definition) is 5. The normalized spacial score (nSPS) is 15.8. The van der Waals surface area contributed by atoms with Gasteiger partial charge in [0.2, 0.25) is 0 Å². The molecule has 1 aliphatic rings. The Morgan fingerprint density at radius 2 is 1.84 bits per heavy atom. The molecule has 1 atom stereocenters. The van der Waals surface area contributed by atoms with Crippen molar-refractivity contribution in [3.05, 3.63) is 99.1 Å². The lowest BCUT2D eigenvalue weighted by molar-refractivity contribution is -0.104. The maximum absolute atomic E-state index is 14.0. The van der Waals surface area contributed by atoms with Gasteiger partial charge in [0, 0.05) is 37.0 Å². The number of aromatic nitrogens is 2. The molecule has 1 aromatic heterocycles. The van der Waals surface area contributed by atoms with Gasteiger partial charge in [0.15, 0.2) is 5.69 Å². The number of carbonyl (C=O) groups excluding carboxylic acids is 2. The number of allylic oxidation sites excluding steroid dienone is 2. The summed E-state index contributed by atoms with van der Waals surface area (Å²) in [6.45, 7) is 3.93. The average Bonchev–Trinajstić information content (AvgIpc) is 3.38. The molecule has 0 bridgehead atoms. The predicted molar refractivity (Wildman–Crippen MR) is 147 cm³/mol. The van der Waals surface area contributed by atoms with Crippen molar-refractivity contribution < 1.29 is 18.7 Å². The molecule has 0 N–H and O–H groups in total. The van der Waals surface area contributed by atoms with Crippen LogP contribution in [0.2, 0.25) is 10.0 Å². The number of anilines is 1. The topological polar surface area (TPSA) is 67.7 Å². The van der Waals surface area contributed by atoms with Gasteiger partial charge in [-0.05, 0) is 55.8 Å². The third-order valence-corrected chi connectivity index (χ3v) is 6.65. The molecule has 10 heteroatoms. The number of halogens is 3. The van der Waals surface area contributed by atoms with E-state index in [9.17, 15) is 14.0 Å². The lowest BCUT2D eigenvalue weighted by Gasteiger charge is -2.29. The highest BCUT2D eigenvalue weighted by molar-refractivity contribution is 6.31. The SMILES string of the molecule is COC(=C/N(C)C)/C(=C\C=O)c1nc2c(n1C(C)C)C(c1ccc(Cl)cc1)N(c1ccc(F)c(Cl)c1)C2=O. The minimum atomic E-state index is -0.624. The van der Waals surface area contributed by atoms with Crippen LogP contribution in [0, 0.1) is 5.82 Å². The van der Waals surface area contributed by atoms with E-state index in [-0.39, 0.29) is 22.7 Å². The Balaban J connectivity index is 2.02. The van der Waals surface area contributed by atoms with Crippen LogP contribution in [-0.2, 0) is 9.53 Å². The van der Waals surface area contributed by atoms with Gasteiger partial charge in [-0.1, -0.05) is 35.3 Å². The van der Waals surface area contributed by atoms with Gasteiger partial charge in [0.1, 0.15) is 29.7 Å². The molecule has 0 aliphatic carbocycles. The van der Waals surface area contributed by atoms with Crippen LogP contribution < -0.4 is 4.90 Å². The van der Waals surface area contributed by atoms with E-state index in [0.29, 0.717) is 39.8 Å². The minimum absolute atomic E-state index is 0.100. The molecule has 38 heavy (non-hydrogen) atoms. The molecule has 0 fully saturated rings. The van der Waals surface area contributed by atoms with E-state index in [1.54, 1.807) is 28.1 Å². The second-order valence-electron chi connectivity index (χ2n) is 9.24. The number of rotatable bonds is 8. The fourth-order valence-electron chi connectivity index (χ4n) is 4.59. The van der Waals surface area contributed by atoms with E-state index in [4.69, 9.17) is 32.9 Å². The van der Waals surface area contributed by atoms with Crippen LogP contribution in [0.5, 0.6) is 0 Å². The van der Waals surface area contributed by atoms with Crippen LogP contribution in [0.1, 0.15) is 53.5 Å². The number of amides is 1. The molecule has 198 valence electrons. The van der Waals surface area contributed by atoms with Crippen LogP contribution in [0.25, 0.3) is 5.57 Å². The Morgan fingerprint density at radius 3 is 2.39 bits per heavy atom. The van der Waals surface area contributed by atoms with Gasteiger partial charge in [0.25, 0.3) is 5.91 Å². The summed E-state index contributed by atoms with van der Waals surface area (Å²) in [6, 6.07) is 10.5. The Bertz CT molecular complexity index is 1450. The minimum Gasteiger partial charge on any atom is -0.494 e. The first-order chi connectivity index (χ1) is 18.1. The highest BCUT2D eigenvalue weighted by Crippen LogP contribution is 2.45. The van der Waals surface area contributed by atoms with Gasteiger partial charge < -0.3 is 14.2 Å². The number of benzene rings is 2. The van der Waals surface area contributed by atoms with E-state index in [1.165, 1.54) is 31.4 Å². The summed E-state index contributed by atoms with van der Waals surface area (Å²) < 4.78 is 21.5. The molecule has 1 amide bonds. The first-order valence-electron chi connectivity index (χ1n) is 11.8. The van der Waals surface area contributed by atoms with Crippen molar-refractivity contribution in [2.45, 2.75) is 25.9 Å². The van der Waals surface area contributed by atoms with Crippen LogP contribution in [-0.4, -0.2) is 47.8 Å². The van der Waals surface area contributed by atoms with Gasteiger partial charge in [0.05, 0.1) is 23.4 Å². The summed E-state index contributed by atoms with van der Waals surface area (Å²) >= 11 is 12.3. The first kappa shape index (κ1) is 27.4.